The molecule has 6 nitrogen and oxygen atoms in total. The zero-order valence-corrected chi connectivity index (χ0v) is 16.4. The number of ether oxygens (including phenoxy) is 3. The number of hydrogen-bond acceptors (Lipinski definition) is 6. The van der Waals surface area contributed by atoms with Gasteiger partial charge in [-0.15, -0.1) is 0 Å². The summed E-state index contributed by atoms with van der Waals surface area (Å²) in [6.45, 7) is 2.55. The Labute approximate surface area is 165 Å². The number of hydrogen-bond donors (Lipinski definition) is 0. The first-order valence-corrected chi connectivity index (χ1v) is 9.54. The summed E-state index contributed by atoms with van der Waals surface area (Å²) in [5.74, 6) is -0.497. The number of methoxy groups -OCH3 is 1. The molecule has 0 fully saturated rings. The summed E-state index contributed by atoms with van der Waals surface area (Å²) in [5.41, 5.74) is 0. The van der Waals surface area contributed by atoms with E-state index in [1.807, 2.05) is 6.07 Å². The lowest BCUT2D eigenvalue weighted by atomic mass is 10.1. The molecular weight excluding hydrogens is 380 g/mol. The van der Waals surface area contributed by atoms with Gasteiger partial charge < -0.3 is 18.8 Å². The maximum Gasteiger partial charge on any atom is 0.308 e. The second-order valence-electron chi connectivity index (χ2n) is 5.85. The van der Waals surface area contributed by atoms with Gasteiger partial charge in [0.25, 0.3) is 0 Å². The Hall–Kier alpha value is -3.03. The molecule has 0 heterocycles. The van der Waals surface area contributed by atoms with Crippen LogP contribution >= 0.6 is 0 Å². The largest absolute Gasteiger partial charge is 0.606 e. The van der Waals surface area contributed by atoms with Gasteiger partial charge in [-0.2, -0.15) is 0 Å². The molecule has 3 aromatic rings. The van der Waals surface area contributed by atoms with E-state index < -0.39 is 23.1 Å². The first kappa shape index (κ1) is 19.7. The Balaban J connectivity index is 2.33. The van der Waals surface area contributed by atoms with Gasteiger partial charge in [-0.1, -0.05) is 24.3 Å². The quantitative estimate of drug-likeness (QED) is 0.369. The summed E-state index contributed by atoms with van der Waals surface area (Å²) in [4.78, 5) is 24.3. The summed E-state index contributed by atoms with van der Waals surface area (Å²) in [7, 11) is 1.41. The van der Waals surface area contributed by atoms with Crippen molar-refractivity contribution in [3.05, 3.63) is 54.6 Å². The SMILES string of the molecule is COc1cc(OC(C)=O)c2c([S+]([O-])c3ccccc3)cccc2c1OC(C)=O. The van der Waals surface area contributed by atoms with Crippen molar-refractivity contribution < 1.29 is 28.4 Å². The van der Waals surface area contributed by atoms with Crippen molar-refractivity contribution >= 4 is 33.9 Å². The molecule has 0 saturated carbocycles. The van der Waals surface area contributed by atoms with Crippen molar-refractivity contribution in [2.75, 3.05) is 7.11 Å². The van der Waals surface area contributed by atoms with Gasteiger partial charge in [-0.05, 0) is 24.3 Å². The minimum absolute atomic E-state index is 0.174. The van der Waals surface area contributed by atoms with Crippen molar-refractivity contribution in [1.29, 1.82) is 0 Å². The lowest BCUT2D eigenvalue weighted by Crippen LogP contribution is -2.09. The predicted molar refractivity (Wildman–Crippen MR) is 104 cm³/mol. The molecule has 0 bridgehead atoms. The smallest absolute Gasteiger partial charge is 0.308 e. The summed E-state index contributed by atoms with van der Waals surface area (Å²) in [6, 6.07) is 15.4. The van der Waals surface area contributed by atoms with E-state index in [0.29, 0.717) is 20.6 Å². The van der Waals surface area contributed by atoms with Crippen LogP contribution in [0.4, 0.5) is 0 Å². The molecule has 1 unspecified atom stereocenters. The van der Waals surface area contributed by atoms with Crippen LogP contribution in [0, 0.1) is 0 Å². The second kappa shape index (κ2) is 8.33. The third kappa shape index (κ3) is 3.95. The fourth-order valence-corrected chi connectivity index (χ4v) is 4.08. The number of fused-ring (bicyclic) bond motifs is 1. The van der Waals surface area contributed by atoms with Gasteiger partial charge in [0.15, 0.2) is 21.3 Å². The third-order valence-electron chi connectivity index (χ3n) is 3.88. The van der Waals surface area contributed by atoms with Gasteiger partial charge in [-0.25, -0.2) is 0 Å². The summed E-state index contributed by atoms with van der Waals surface area (Å²) in [6.07, 6.45) is 0. The van der Waals surface area contributed by atoms with Crippen LogP contribution in [0.1, 0.15) is 13.8 Å². The highest BCUT2D eigenvalue weighted by molar-refractivity contribution is 7.91. The van der Waals surface area contributed by atoms with Crippen LogP contribution in [0.2, 0.25) is 0 Å². The molecule has 3 rings (SSSR count). The number of carbonyl (C=O) groups excluding carboxylic acids is 2. The molecule has 0 N–H and O–H groups in total. The Morgan fingerprint density at radius 2 is 1.57 bits per heavy atom. The zero-order chi connectivity index (χ0) is 20.3. The molecule has 1 atom stereocenters. The molecule has 0 aliphatic carbocycles. The monoisotopic (exact) mass is 398 g/mol. The Kier molecular flexibility index (Phi) is 5.87. The van der Waals surface area contributed by atoms with Crippen LogP contribution in [0.15, 0.2) is 64.4 Å². The van der Waals surface area contributed by atoms with Gasteiger partial charge in [0.1, 0.15) is 5.75 Å². The highest BCUT2D eigenvalue weighted by Gasteiger charge is 2.26. The maximum atomic E-state index is 13.2. The number of rotatable bonds is 5. The van der Waals surface area contributed by atoms with E-state index >= 15 is 0 Å². The molecule has 0 radical (unpaired) electrons. The van der Waals surface area contributed by atoms with Crippen molar-refractivity contribution in [2.45, 2.75) is 23.6 Å². The van der Waals surface area contributed by atoms with E-state index in [9.17, 15) is 14.1 Å². The van der Waals surface area contributed by atoms with Crippen molar-refractivity contribution in [1.82, 2.24) is 0 Å². The average molecular weight is 398 g/mol. The molecule has 28 heavy (non-hydrogen) atoms. The molecule has 144 valence electrons. The van der Waals surface area contributed by atoms with Gasteiger partial charge in [0, 0.05) is 36.5 Å². The van der Waals surface area contributed by atoms with Crippen molar-refractivity contribution in [3.8, 4) is 17.2 Å². The zero-order valence-electron chi connectivity index (χ0n) is 15.6. The third-order valence-corrected chi connectivity index (χ3v) is 5.32. The molecule has 0 spiro atoms. The molecule has 0 aliphatic rings. The molecule has 3 aromatic carbocycles. The number of carbonyl (C=O) groups is 2. The predicted octanol–water partition coefficient (Wildman–Crippen LogP) is 3.87. The minimum Gasteiger partial charge on any atom is -0.606 e. The molecule has 0 aromatic heterocycles. The maximum absolute atomic E-state index is 13.2. The average Bonchev–Trinajstić information content (AvgIpc) is 2.68. The first-order chi connectivity index (χ1) is 13.4. The second-order valence-corrected chi connectivity index (χ2v) is 7.30. The number of esters is 2. The van der Waals surface area contributed by atoms with Crippen molar-refractivity contribution in [3.63, 3.8) is 0 Å². The molecule has 7 heteroatoms. The van der Waals surface area contributed by atoms with Crippen LogP contribution in [0.5, 0.6) is 17.2 Å². The summed E-state index contributed by atoms with van der Waals surface area (Å²) < 4.78 is 29.2. The number of benzene rings is 3. The van der Waals surface area contributed by atoms with Gasteiger partial charge in [0.05, 0.1) is 12.5 Å². The van der Waals surface area contributed by atoms with Crippen molar-refractivity contribution in [2.24, 2.45) is 0 Å². The summed E-state index contributed by atoms with van der Waals surface area (Å²) in [5, 5.41) is 0.865. The fourth-order valence-electron chi connectivity index (χ4n) is 2.83. The lowest BCUT2D eigenvalue weighted by Gasteiger charge is -2.18. The van der Waals surface area contributed by atoms with E-state index in [-0.39, 0.29) is 17.2 Å². The van der Waals surface area contributed by atoms with E-state index in [4.69, 9.17) is 14.2 Å². The van der Waals surface area contributed by atoms with E-state index in [2.05, 4.69) is 0 Å². The molecule has 0 saturated heterocycles. The van der Waals surface area contributed by atoms with Crippen LogP contribution < -0.4 is 14.2 Å². The van der Waals surface area contributed by atoms with Crippen LogP contribution in [-0.4, -0.2) is 23.6 Å². The normalized spacial score (nSPS) is 11.7. The fraction of sp³-hybridized carbons (Fsp3) is 0.143. The first-order valence-electron chi connectivity index (χ1n) is 8.39. The van der Waals surface area contributed by atoms with E-state index in [1.165, 1.54) is 27.0 Å². The Morgan fingerprint density at radius 3 is 2.18 bits per heavy atom. The molecule has 0 aliphatic heterocycles. The van der Waals surface area contributed by atoms with Crippen LogP contribution in [0.25, 0.3) is 10.8 Å². The van der Waals surface area contributed by atoms with Crippen LogP contribution in [0.3, 0.4) is 0 Å². The van der Waals surface area contributed by atoms with Gasteiger partial charge in [-0.3, -0.25) is 9.59 Å². The Bertz CT molecular complexity index is 1030. The van der Waals surface area contributed by atoms with E-state index in [0.717, 1.165) is 0 Å². The highest BCUT2D eigenvalue weighted by Crippen LogP contribution is 2.45. The van der Waals surface area contributed by atoms with Gasteiger partial charge in [0.2, 0.25) is 0 Å². The standard InChI is InChI=1S/C21H18O6S/c1-13(22)26-17-12-18(25-3)21(27-14(2)23)16-10-7-11-19(20(16)17)28(24)15-8-5-4-6-9-15/h4-12H,1-3H3. The molecule has 0 amide bonds. The highest BCUT2D eigenvalue weighted by atomic mass is 32.2. The minimum atomic E-state index is -1.55. The van der Waals surface area contributed by atoms with Crippen LogP contribution in [-0.2, 0) is 20.8 Å². The lowest BCUT2D eigenvalue weighted by molar-refractivity contribution is -0.133. The summed E-state index contributed by atoms with van der Waals surface area (Å²) >= 11 is -1.55. The Morgan fingerprint density at radius 1 is 0.893 bits per heavy atom. The van der Waals surface area contributed by atoms with Gasteiger partial charge >= 0.3 is 11.9 Å². The van der Waals surface area contributed by atoms with E-state index in [1.54, 1.807) is 42.5 Å². The molecular formula is C21H18O6S. The topological polar surface area (TPSA) is 84.9 Å².